The molecular weight excluding hydrogens is 568 g/mol. The van der Waals surface area contributed by atoms with Gasteiger partial charge in [0.15, 0.2) is 0 Å². The molecule has 1 N–H and O–H groups in total. The lowest BCUT2D eigenvalue weighted by Crippen LogP contribution is -2.37. The van der Waals surface area contributed by atoms with E-state index in [0.717, 1.165) is 48.8 Å². The zero-order valence-corrected chi connectivity index (χ0v) is 26.7. The van der Waals surface area contributed by atoms with E-state index in [1.165, 1.54) is 25.7 Å². The van der Waals surface area contributed by atoms with Crippen LogP contribution in [0.5, 0.6) is 0 Å². The van der Waals surface area contributed by atoms with Crippen molar-refractivity contribution in [3.05, 3.63) is 107 Å². The van der Waals surface area contributed by atoms with Crippen LogP contribution in [0.2, 0.25) is 0 Å². The monoisotopic (exact) mass is 614 g/mol. The van der Waals surface area contributed by atoms with Crippen molar-refractivity contribution in [3.63, 3.8) is 0 Å². The maximum absolute atomic E-state index is 13.8. The van der Waals surface area contributed by atoms with E-state index in [9.17, 15) is 14.4 Å². The first-order valence-corrected chi connectivity index (χ1v) is 17.0. The Morgan fingerprint density at radius 1 is 0.773 bits per heavy atom. The number of hydrogen-bond donors (Lipinski definition) is 1. The number of thioether (sulfide) groups is 1. The van der Waals surface area contributed by atoms with Gasteiger partial charge in [-0.3, -0.25) is 9.59 Å². The maximum atomic E-state index is 13.8. The van der Waals surface area contributed by atoms with Crippen LogP contribution < -0.4 is 0 Å². The fourth-order valence-corrected chi connectivity index (χ4v) is 7.27. The van der Waals surface area contributed by atoms with E-state index in [2.05, 4.69) is 6.92 Å². The van der Waals surface area contributed by atoms with Crippen molar-refractivity contribution in [1.82, 2.24) is 9.80 Å². The summed E-state index contributed by atoms with van der Waals surface area (Å²) in [6, 6.07) is 27.1. The topological polar surface area (TPSA) is 77.9 Å². The van der Waals surface area contributed by atoms with Crippen LogP contribution in [-0.2, 0) is 29.1 Å². The molecule has 2 atom stereocenters. The fourth-order valence-electron chi connectivity index (χ4n) is 5.74. The van der Waals surface area contributed by atoms with Crippen LogP contribution in [0.25, 0.3) is 0 Å². The van der Waals surface area contributed by atoms with Gasteiger partial charge in [-0.15, -0.1) is 11.8 Å². The quantitative estimate of drug-likeness (QED) is 0.147. The third kappa shape index (κ3) is 10.3. The van der Waals surface area contributed by atoms with Crippen LogP contribution in [0.15, 0.2) is 84.9 Å². The predicted octanol–water partition coefficient (Wildman–Crippen LogP) is 7.96. The lowest BCUT2D eigenvalue weighted by Gasteiger charge is -2.24. The largest absolute Gasteiger partial charge is 0.478 e. The molecule has 0 aliphatic carbocycles. The summed E-state index contributed by atoms with van der Waals surface area (Å²) in [4.78, 5) is 42.6. The summed E-state index contributed by atoms with van der Waals surface area (Å²) < 4.78 is 0. The van der Waals surface area contributed by atoms with Crippen LogP contribution in [0.3, 0.4) is 0 Å². The first-order chi connectivity index (χ1) is 21.4. The molecule has 1 saturated heterocycles. The molecule has 1 aliphatic rings. The molecule has 1 aliphatic heterocycles. The predicted molar refractivity (Wildman–Crippen MR) is 178 cm³/mol. The molecule has 4 rings (SSSR count). The van der Waals surface area contributed by atoms with Gasteiger partial charge >= 0.3 is 5.97 Å². The van der Waals surface area contributed by atoms with Gasteiger partial charge in [-0.25, -0.2) is 4.79 Å². The minimum atomic E-state index is -0.918. The first-order valence-electron chi connectivity index (χ1n) is 16.1. The second-order valence-electron chi connectivity index (χ2n) is 11.7. The van der Waals surface area contributed by atoms with Gasteiger partial charge < -0.3 is 14.9 Å². The molecule has 44 heavy (non-hydrogen) atoms. The van der Waals surface area contributed by atoms with E-state index < -0.39 is 5.97 Å². The molecule has 0 bridgehead atoms. The van der Waals surface area contributed by atoms with Gasteiger partial charge in [0, 0.05) is 26.1 Å². The Labute approximate surface area is 266 Å². The SMILES string of the molecule is CCCCCCC[C@@H]1S[C@@H](CC(=O)N(Cc2ccccc2)Cc2ccccc2)C(=O)N1CCCCc1ccc(C(=O)O)cc1. The number of unbranched alkanes of at least 4 members (excludes halogenated alkanes) is 5. The van der Waals surface area contributed by atoms with Gasteiger partial charge in [-0.2, -0.15) is 0 Å². The van der Waals surface area contributed by atoms with Gasteiger partial charge in [0.05, 0.1) is 16.2 Å². The molecule has 1 heterocycles. The Hall–Kier alpha value is -3.58. The smallest absolute Gasteiger partial charge is 0.335 e. The lowest BCUT2D eigenvalue weighted by atomic mass is 10.1. The van der Waals surface area contributed by atoms with Crippen molar-refractivity contribution < 1.29 is 19.5 Å². The second-order valence-corrected chi connectivity index (χ2v) is 13.1. The van der Waals surface area contributed by atoms with E-state index in [0.29, 0.717) is 25.2 Å². The third-order valence-corrected chi connectivity index (χ3v) is 9.74. The second kappa shape index (κ2) is 17.6. The number of aryl methyl sites for hydroxylation is 1. The number of carboxylic acids is 1. The van der Waals surface area contributed by atoms with Gasteiger partial charge in [-0.05, 0) is 54.5 Å². The highest BCUT2D eigenvalue weighted by atomic mass is 32.2. The molecule has 3 aromatic rings. The maximum Gasteiger partial charge on any atom is 0.335 e. The zero-order chi connectivity index (χ0) is 31.1. The van der Waals surface area contributed by atoms with Crippen LogP contribution in [-0.4, -0.2) is 49.9 Å². The molecule has 0 spiro atoms. The number of hydrogen-bond acceptors (Lipinski definition) is 4. The van der Waals surface area contributed by atoms with E-state index in [1.54, 1.807) is 23.9 Å². The number of aromatic carboxylic acids is 1. The van der Waals surface area contributed by atoms with E-state index in [4.69, 9.17) is 5.11 Å². The van der Waals surface area contributed by atoms with E-state index in [1.807, 2.05) is 82.6 Å². The molecule has 3 aromatic carbocycles. The Bertz CT molecular complexity index is 1270. The molecule has 0 unspecified atom stereocenters. The summed E-state index contributed by atoms with van der Waals surface area (Å²) in [5.41, 5.74) is 3.55. The fraction of sp³-hybridized carbons (Fsp3) is 0.432. The molecule has 7 heteroatoms. The number of carboxylic acid groups (broad SMARTS) is 1. The lowest BCUT2D eigenvalue weighted by molar-refractivity contribution is -0.136. The summed E-state index contributed by atoms with van der Waals surface area (Å²) in [6.45, 7) is 3.92. The van der Waals surface area contributed by atoms with Crippen LogP contribution >= 0.6 is 11.8 Å². The van der Waals surface area contributed by atoms with Crippen molar-refractivity contribution in [2.24, 2.45) is 0 Å². The number of nitrogens with zero attached hydrogens (tertiary/aromatic N) is 2. The van der Waals surface area contributed by atoms with Crippen molar-refractivity contribution in [2.45, 2.75) is 94.8 Å². The van der Waals surface area contributed by atoms with Crippen molar-refractivity contribution in [3.8, 4) is 0 Å². The Balaban J connectivity index is 1.38. The molecule has 2 amide bonds. The minimum absolute atomic E-state index is 0.0110. The van der Waals surface area contributed by atoms with E-state index in [-0.39, 0.29) is 28.9 Å². The number of carbonyl (C=O) groups is 3. The highest BCUT2D eigenvalue weighted by Gasteiger charge is 2.41. The highest BCUT2D eigenvalue weighted by molar-refractivity contribution is 8.01. The summed E-state index contributed by atoms with van der Waals surface area (Å²) in [7, 11) is 0. The van der Waals surface area contributed by atoms with Gasteiger partial charge in [0.1, 0.15) is 0 Å². The van der Waals surface area contributed by atoms with Gasteiger partial charge in [0.2, 0.25) is 11.8 Å². The van der Waals surface area contributed by atoms with Crippen LogP contribution in [0, 0.1) is 0 Å². The molecule has 234 valence electrons. The summed E-state index contributed by atoms with van der Waals surface area (Å²) in [6.07, 6.45) is 9.71. The van der Waals surface area contributed by atoms with Crippen molar-refractivity contribution in [2.75, 3.05) is 6.54 Å². The normalized spacial score (nSPS) is 16.3. The Morgan fingerprint density at radius 2 is 1.39 bits per heavy atom. The summed E-state index contributed by atoms with van der Waals surface area (Å²) >= 11 is 1.68. The molecular formula is C37H46N2O4S. The average Bonchev–Trinajstić information content (AvgIpc) is 3.33. The van der Waals surface area contributed by atoms with Crippen LogP contribution in [0.4, 0.5) is 0 Å². The average molecular weight is 615 g/mol. The standard InChI is InChI=1S/C37H46N2O4S/c1-2-3-4-5-12-20-35-39(25-14-13-15-29-21-23-32(24-22-29)37(42)43)36(41)33(44-35)26-34(40)38(27-30-16-8-6-9-17-30)28-31-18-10-7-11-19-31/h6-11,16-19,21-24,33,35H,2-5,12-15,20,25-28H2,1H3,(H,42,43)/t33-,35-/m0/s1. The number of benzene rings is 3. The molecule has 6 nitrogen and oxygen atoms in total. The van der Waals surface area contributed by atoms with E-state index >= 15 is 0 Å². The number of rotatable bonds is 18. The van der Waals surface area contributed by atoms with Crippen molar-refractivity contribution >= 4 is 29.5 Å². The van der Waals surface area contributed by atoms with Gasteiger partial charge in [0.25, 0.3) is 0 Å². The summed E-state index contributed by atoms with van der Waals surface area (Å²) in [5, 5.41) is 8.89. The summed E-state index contributed by atoms with van der Waals surface area (Å²) in [5.74, 6) is -0.817. The first kappa shape index (κ1) is 33.3. The minimum Gasteiger partial charge on any atom is -0.478 e. The van der Waals surface area contributed by atoms with Crippen LogP contribution in [0.1, 0.15) is 91.8 Å². The molecule has 0 aromatic heterocycles. The zero-order valence-electron chi connectivity index (χ0n) is 25.9. The Kier molecular flexibility index (Phi) is 13.4. The third-order valence-electron chi connectivity index (χ3n) is 8.24. The molecule has 0 saturated carbocycles. The Morgan fingerprint density at radius 3 is 1.98 bits per heavy atom. The van der Waals surface area contributed by atoms with Crippen molar-refractivity contribution in [1.29, 1.82) is 0 Å². The number of carbonyl (C=O) groups excluding carboxylic acids is 2. The highest BCUT2D eigenvalue weighted by Crippen LogP contribution is 2.37. The van der Waals surface area contributed by atoms with Gasteiger partial charge in [-0.1, -0.05) is 112 Å². The number of amides is 2. The molecule has 0 radical (unpaired) electrons. The molecule has 1 fully saturated rings.